The van der Waals surface area contributed by atoms with Crippen molar-refractivity contribution in [1.29, 1.82) is 5.26 Å². The van der Waals surface area contributed by atoms with Crippen molar-refractivity contribution < 1.29 is 18.8 Å². The number of hydrogen-bond acceptors (Lipinski definition) is 5. The lowest BCUT2D eigenvalue weighted by Gasteiger charge is -2.22. The van der Waals surface area contributed by atoms with E-state index in [1.54, 1.807) is 0 Å². The zero-order chi connectivity index (χ0) is 10.3. The van der Waals surface area contributed by atoms with Gasteiger partial charge in [0.25, 0.3) is 0 Å². The molecule has 0 fully saturated rings. The molecule has 0 aromatic carbocycles. The smallest absolute Gasteiger partial charge is 0.467 e. The fourth-order valence-corrected chi connectivity index (χ4v) is 1.28. The van der Waals surface area contributed by atoms with Gasteiger partial charge in [-0.1, -0.05) is 0 Å². The highest BCUT2D eigenvalue weighted by Gasteiger charge is 2.14. The Kier molecular flexibility index (Phi) is 6.75. The molecule has 0 aliphatic rings. The van der Waals surface area contributed by atoms with Crippen molar-refractivity contribution in [2.45, 2.75) is 12.8 Å². The molecule has 0 radical (unpaired) electrons. The minimum atomic E-state index is -2.47. The molecule has 0 aliphatic heterocycles. The van der Waals surface area contributed by atoms with Gasteiger partial charge in [-0.15, -0.1) is 0 Å². The van der Waals surface area contributed by atoms with E-state index in [1.165, 1.54) is 0 Å². The third-order valence-corrected chi connectivity index (χ3v) is 2.03. The number of nitriles is 1. The largest absolute Gasteiger partial charge is 0.760 e. The molecule has 74 valence electrons. The van der Waals surface area contributed by atoms with Gasteiger partial charge in [0.2, 0.25) is 0 Å². The Morgan fingerprint density at radius 2 is 2.23 bits per heavy atom. The van der Waals surface area contributed by atoms with Gasteiger partial charge in [-0.25, -0.2) is 4.31 Å². The number of rotatable bonds is 6. The summed E-state index contributed by atoms with van der Waals surface area (Å²) in [5.41, 5.74) is 0. The van der Waals surface area contributed by atoms with Crippen LogP contribution in [0.3, 0.4) is 0 Å². The highest BCUT2D eigenvalue weighted by Crippen LogP contribution is 1.97. The number of nitrogens with zero attached hydrogens (tertiary/aromatic N) is 2. The van der Waals surface area contributed by atoms with Crippen LogP contribution in [-0.2, 0) is 11.3 Å². The van der Waals surface area contributed by atoms with Crippen molar-refractivity contribution in [3.63, 3.8) is 0 Å². The average molecular weight is 205 g/mol. The monoisotopic (exact) mass is 205 g/mol. The van der Waals surface area contributed by atoms with Gasteiger partial charge in [0, 0.05) is 30.7 Å². The average Bonchev–Trinajstić information content (AvgIpc) is 2.02. The van der Waals surface area contributed by atoms with Crippen LogP contribution in [0.1, 0.15) is 12.8 Å². The molecule has 0 amide bonds. The summed E-state index contributed by atoms with van der Waals surface area (Å²) in [6.07, 6.45) is 0.272. The number of hydrogen-bond donors (Lipinski definition) is 2. The first kappa shape index (κ1) is 12.5. The lowest BCUT2D eigenvalue weighted by molar-refractivity contribution is 0.351. The summed E-state index contributed by atoms with van der Waals surface area (Å²) in [4.78, 5) is 0. The van der Waals surface area contributed by atoms with Gasteiger partial charge in [0.1, 0.15) is 0 Å². The molecule has 6 nitrogen and oxygen atoms in total. The van der Waals surface area contributed by atoms with Crippen molar-refractivity contribution in [2.24, 2.45) is 0 Å². The maximum atomic E-state index is 10.4. The zero-order valence-corrected chi connectivity index (χ0v) is 7.74. The van der Waals surface area contributed by atoms with E-state index in [0.29, 0.717) is 6.42 Å². The molecule has 0 spiro atoms. The van der Waals surface area contributed by atoms with Crippen molar-refractivity contribution in [1.82, 2.24) is 4.31 Å². The summed E-state index contributed by atoms with van der Waals surface area (Å²) in [7, 11) is -1.68. The first-order valence-corrected chi connectivity index (χ1v) is 4.68. The van der Waals surface area contributed by atoms with Crippen LogP contribution in [-0.4, -0.2) is 43.2 Å². The van der Waals surface area contributed by atoms with E-state index in [-0.39, 0.29) is 19.4 Å². The molecule has 1 atom stereocenters. The molecule has 0 aliphatic carbocycles. The van der Waals surface area contributed by atoms with Crippen LogP contribution in [0.5, 0.6) is 0 Å². The van der Waals surface area contributed by atoms with Crippen molar-refractivity contribution in [3.05, 3.63) is 0 Å². The fraction of sp³-hybridized carbons (Fsp3) is 0.800. The highest BCUT2D eigenvalue weighted by molar-refractivity contribution is 7.76. The predicted octanol–water partition coefficient (Wildman–Crippen LogP) is -1.60. The van der Waals surface area contributed by atoms with E-state index >= 15 is 0 Å². The van der Waals surface area contributed by atoms with Crippen LogP contribution >= 0.6 is 0 Å². The summed E-state index contributed by atoms with van der Waals surface area (Å²) in [6, 6.07) is 1.86. The standard InChI is InChI=1S/C5H11BN2O4S/c7-3-1-2-4-8(13(11)12)5-6(9)10/h9-10H,1-2,4-5H2,(H,11,12)/p-1. The van der Waals surface area contributed by atoms with E-state index in [9.17, 15) is 8.76 Å². The lowest BCUT2D eigenvalue weighted by Crippen LogP contribution is -2.37. The van der Waals surface area contributed by atoms with Gasteiger partial charge in [-0.3, -0.25) is 4.21 Å². The highest BCUT2D eigenvalue weighted by atomic mass is 32.2. The number of unbranched alkanes of at least 4 members (excludes halogenated alkanes) is 1. The summed E-state index contributed by atoms with van der Waals surface area (Å²) in [5.74, 6) is 0. The first-order valence-electron chi connectivity index (χ1n) is 3.65. The van der Waals surface area contributed by atoms with Gasteiger partial charge in [-0.05, 0) is 6.42 Å². The van der Waals surface area contributed by atoms with Gasteiger partial charge in [0.15, 0.2) is 0 Å². The molecule has 13 heavy (non-hydrogen) atoms. The van der Waals surface area contributed by atoms with Gasteiger partial charge in [-0.2, -0.15) is 5.26 Å². The van der Waals surface area contributed by atoms with Crippen LogP contribution < -0.4 is 0 Å². The normalized spacial score (nSPS) is 12.5. The zero-order valence-electron chi connectivity index (χ0n) is 6.92. The molecule has 0 heterocycles. The molecule has 0 saturated carbocycles. The summed E-state index contributed by atoms with van der Waals surface area (Å²) in [6.45, 7) is 0.126. The second-order valence-electron chi connectivity index (χ2n) is 2.35. The minimum absolute atomic E-state index is 0.126. The quantitative estimate of drug-likeness (QED) is 0.308. The van der Waals surface area contributed by atoms with E-state index in [2.05, 4.69) is 0 Å². The van der Waals surface area contributed by atoms with Gasteiger partial charge < -0.3 is 14.6 Å². The molecule has 0 rings (SSSR count). The predicted molar refractivity (Wildman–Crippen MR) is 45.5 cm³/mol. The minimum Gasteiger partial charge on any atom is -0.760 e. The molecule has 2 N–H and O–H groups in total. The second-order valence-corrected chi connectivity index (χ2v) is 3.30. The summed E-state index contributed by atoms with van der Waals surface area (Å²) < 4.78 is 21.8. The van der Waals surface area contributed by atoms with Crippen LogP contribution in [0.15, 0.2) is 0 Å². The third-order valence-electron chi connectivity index (χ3n) is 1.27. The Morgan fingerprint density at radius 3 is 2.62 bits per heavy atom. The van der Waals surface area contributed by atoms with E-state index in [1.807, 2.05) is 6.07 Å². The molecule has 0 aromatic heterocycles. The Hall–Kier alpha value is -0.455. The topological polar surface area (TPSA) is 108 Å². The van der Waals surface area contributed by atoms with Crippen LogP contribution in [0.25, 0.3) is 0 Å². The van der Waals surface area contributed by atoms with E-state index < -0.39 is 18.4 Å². The van der Waals surface area contributed by atoms with Crippen LogP contribution in [0.4, 0.5) is 0 Å². The Bertz CT molecular complexity index is 207. The second kappa shape index (κ2) is 7.00. The first-order chi connectivity index (χ1) is 6.07. The summed E-state index contributed by atoms with van der Waals surface area (Å²) in [5, 5.41) is 25.2. The molecule has 8 heteroatoms. The summed E-state index contributed by atoms with van der Waals surface area (Å²) >= 11 is -2.47. The third kappa shape index (κ3) is 6.68. The molecular formula is C5H10BN2O4S-. The Labute approximate surface area is 79.3 Å². The lowest BCUT2D eigenvalue weighted by atomic mass is 9.92. The van der Waals surface area contributed by atoms with Gasteiger partial charge >= 0.3 is 7.12 Å². The molecule has 0 bridgehead atoms. The van der Waals surface area contributed by atoms with E-state index in [4.69, 9.17) is 15.3 Å². The molecule has 0 saturated heterocycles. The van der Waals surface area contributed by atoms with Crippen LogP contribution in [0, 0.1) is 11.3 Å². The maximum absolute atomic E-state index is 10.4. The van der Waals surface area contributed by atoms with E-state index in [0.717, 1.165) is 4.31 Å². The molecule has 1 unspecified atom stereocenters. The van der Waals surface area contributed by atoms with Crippen molar-refractivity contribution >= 4 is 18.4 Å². The Balaban J connectivity index is 3.82. The van der Waals surface area contributed by atoms with Crippen molar-refractivity contribution in [3.8, 4) is 6.07 Å². The fourth-order valence-electron chi connectivity index (χ4n) is 0.743. The van der Waals surface area contributed by atoms with Crippen LogP contribution in [0.2, 0.25) is 0 Å². The molecule has 0 aromatic rings. The maximum Gasteiger partial charge on any atom is 0.467 e. The molecular weight excluding hydrogens is 195 g/mol. The SMILES string of the molecule is N#CCCCN(CB(O)O)S(=O)[O-]. The van der Waals surface area contributed by atoms with Gasteiger partial charge in [0.05, 0.1) is 6.07 Å². The van der Waals surface area contributed by atoms with Crippen molar-refractivity contribution in [2.75, 3.05) is 13.0 Å². The Morgan fingerprint density at radius 1 is 1.62 bits per heavy atom.